The van der Waals surface area contributed by atoms with E-state index in [9.17, 15) is 19.2 Å². The van der Waals surface area contributed by atoms with Crippen LogP contribution in [0.4, 0.5) is 4.79 Å². The topological polar surface area (TPSA) is 123 Å². The first-order valence-corrected chi connectivity index (χ1v) is 17.0. The molecule has 3 amide bonds. The van der Waals surface area contributed by atoms with E-state index in [4.69, 9.17) is 13.7 Å². The first kappa shape index (κ1) is 34.9. The van der Waals surface area contributed by atoms with Crippen LogP contribution in [0.15, 0.2) is 45.8 Å². The summed E-state index contributed by atoms with van der Waals surface area (Å²) < 4.78 is 17.8. The molecule has 3 aliphatic rings. The Morgan fingerprint density at radius 3 is 2.64 bits per heavy atom. The molecule has 2 heterocycles. The summed E-state index contributed by atoms with van der Waals surface area (Å²) in [5, 5.41) is 5.58. The normalized spacial score (nSPS) is 27.9. The van der Waals surface area contributed by atoms with Crippen LogP contribution in [0.25, 0.3) is 0 Å². The van der Waals surface area contributed by atoms with E-state index in [0.717, 1.165) is 40.7 Å². The zero-order chi connectivity index (χ0) is 32.6. The van der Waals surface area contributed by atoms with Gasteiger partial charge in [-0.1, -0.05) is 34.0 Å². The van der Waals surface area contributed by atoms with Crippen molar-refractivity contribution in [3.63, 3.8) is 0 Å². The van der Waals surface area contributed by atoms with E-state index in [0.29, 0.717) is 19.3 Å². The standard InChI is InChI=1S/C33H42BrN3O7S/c1-5-42-30(40)33-20-22(33)13-11-9-7-6-8-10-12-14-26(35-31(41)43-32(2,3)4)29(39)37-21-24(19-27(37)28(38)36-33)44-45-25-17-15-23(34)16-18-25/h9,11,15-18,22,24,26-27H,5-8,10,13,19-21H2,1-4H3,(H,35,41)(H,36,38)/b11-9-/t22-,24+,26?,27+,33-/m1/s1. The Hall–Kier alpha value is -3.01. The maximum atomic E-state index is 14.1. The number of rotatable bonds is 6. The molecule has 1 unspecified atom stereocenters. The van der Waals surface area contributed by atoms with Crippen LogP contribution in [-0.2, 0) is 28.0 Å². The molecule has 1 saturated heterocycles. The first-order chi connectivity index (χ1) is 21.4. The lowest BCUT2D eigenvalue weighted by Gasteiger charge is -2.28. The van der Waals surface area contributed by atoms with Crippen molar-refractivity contribution in [2.45, 2.75) is 107 Å². The highest BCUT2D eigenvalue weighted by Crippen LogP contribution is 2.47. The molecule has 244 valence electrons. The number of benzene rings is 1. The number of allylic oxidation sites excluding steroid dienone is 2. The van der Waals surface area contributed by atoms with E-state index >= 15 is 0 Å². The van der Waals surface area contributed by atoms with Crippen molar-refractivity contribution in [1.82, 2.24) is 15.5 Å². The summed E-state index contributed by atoms with van der Waals surface area (Å²) in [5.74, 6) is 4.35. The summed E-state index contributed by atoms with van der Waals surface area (Å²) in [6.07, 6.45) is 7.23. The summed E-state index contributed by atoms with van der Waals surface area (Å²) in [5.41, 5.74) is -1.94. The minimum Gasteiger partial charge on any atom is -0.464 e. The van der Waals surface area contributed by atoms with Crippen molar-refractivity contribution >= 4 is 51.8 Å². The van der Waals surface area contributed by atoms with Crippen LogP contribution in [0.1, 0.15) is 72.6 Å². The van der Waals surface area contributed by atoms with E-state index < -0.39 is 53.2 Å². The molecule has 1 aromatic rings. The minimum atomic E-state index is -1.24. The Morgan fingerprint density at radius 1 is 1.18 bits per heavy atom. The van der Waals surface area contributed by atoms with Gasteiger partial charge >= 0.3 is 12.1 Å². The number of carbonyl (C=O) groups is 4. The zero-order valence-electron chi connectivity index (χ0n) is 26.2. The van der Waals surface area contributed by atoms with Gasteiger partial charge in [-0.3, -0.25) is 14.9 Å². The number of hydrogen-bond donors (Lipinski definition) is 2. The van der Waals surface area contributed by atoms with Crippen molar-refractivity contribution < 1.29 is 32.8 Å². The summed E-state index contributed by atoms with van der Waals surface area (Å²) >= 11 is 4.58. The van der Waals surface area contributed by atoms with Crippen LogP contribution in [-0.4, -0.2) is 71.3 Å². The second-order valence-electron chi connectivity index (χ2n) is 12.4. The van der Waals surface area contributed by atoms with Gasteiger partial charge in [0.15, 0.2) is 6.04 Å². The van der Waals surface area contributed by atoms with Crippen LogP contribution >= 0.6 is 28.0 Å². The molecule has 0 aromatic heterocycles. The minimum absolute atomic E-state index is 0.0905. The maximum absolute atomic E-state index is 14.1. The Bertz CT molecular complexity index is 1340. The fourth-order valence-electron chi connectivity index (χ4n) is 5.38. The van der Waals surface area contributed by atoms with Crippen molar-refractivity contribution in [2.75, 3.05) is 13.2 Å². The van der Waals surface area contributed by atoms with Gasteiger partial charge in [-0.05, 0) is 90.0 Å². The Kier molecular flexibility index (Phi) is 12.0. The number of carbonyl (C=O) groups excluding carboxylic acids is 4. The molecule has 10 nitrogen and oxygen atoms in total. The average Bonchev–Trinajstić information content (AvgIpc) is 3.49. The molecule has 45 heavy (non-hydrogen) atoms. The summed E-state index contributed by atoms with van der Waals surface area (Å²) in [6, 6.07) is 5.38. The van der Waals surface area contributed by atoms with Gasteiger partial charge in [-0.25, -0.2) is 9.59 Å². The van der Waals surface area contributed by atoms with Gasteiger partial charge in [0.05, 0.1) is 12.7 Å². The van der Waals surface area contributed by atoms with Gasteiger partial charge in [0.25, 0.3) is 5.91 Å². The lowest BCUT2D eigenvalue weighted by atomic mass is 10.1. The maximum Gasteiger partial charge on any atom is 0.409 e. The second-order valence-corrected chi connectivity index (χ2v) is 14.2. The third-order valence-electron chi connectivity index (χ3n) is 7.70. The summed E-state index contributed by atoms with van der Waals surface area (Å²) in [6.45, 7) is 7.19. The highest BCUT2D eigenvalue weighted by molar-refractivity contribution is 9.10. The van der Waals surface area contributed by atoms with Gasteiger partial charge in [0, 0.05) is 40.8 Å². The molecule has 1 aliphatic carbocycles. The zero-order valence-corrected chi connectivity index (χ0v) is 28.6. The number of ether oxygens (including phenoxy) is 2. The Labute approximate surface area is 278 Å². The van der Waals surface area contributed by atoms with Gasteiger partial charge in [0.2, 0.25) is 5.91 Å². The number of amides is 3. The molecule has 2 aliphatic heterocycles. The Balaban J connectivity index is 1.62. The number of nitrogens with one attached hydrogen (secondary N) is 2. The van der Waals surface area contributed by atoms with Crippen LogP contribution in [0.3, 0.4) is 0 Å². The van der Waals surface area contributed by atoms with Crippen LogP contribution in [0, 0.1) is 17.8 Å². The molecule has 2 fully saturated rings. The molecular weight excluding hydrogens is 662 g/mol. The molecule has 1 aromatic carbocycles. The quantitative estimate of drug-likeness (QED) is 0.177. The molecule has 2 N–H and O–H groups in total. The van der Waals surface area contributed by atoms with Crippen molar-refractivity contribution in [1.29, 1.82) is 0 Å². The molecule has 4 rings (SSSR count). The van der Waals surface area contributed by atoms with E-state index in [1.165, 1.54) is 4.90 Å². The third kappa shape index (κ3) is 9.74. The summed E-state index contributed by atoms with van der Waals surface area (Å²) in [7, 11) is 0. The number of fused-ring (bicyclic) bond motifs is 2. The van der Waals surface area contributed by atoms with E-state index in [1.54, 1.807) is 27.7 Å². The van der Waals surface area contributed by atoms with E-state index in [-0.39, 0.29) is 25.5 Å². The Morgan fingerprint density at radius 2 is 1.93 bits per heavy atom. The largest absolute Gasteiger partial charge is 0.464 e. The van der Waals surface area contributed by atoms with Gasteiger partial charge < -0.3 is 23.9 Å². The fraction of sp³-hybridized carbons (Fsp3) is 0.576. The molecule has 0 spiro atoms. The van der Waals surface area contributed by atoms with Crippen molar-refractivity contribution in [2.24, 2.45) is 5.92 Å². The van der Waals surface area contributed by atoms with Crippen LogP contribution in [0.2, 0.25) is 0 Å². The summed E-state index contributed by atoms with van der Waals surface area (Å²) in [4.78, 5) is 56.2. The highest BCUT2D eigenvalue weighted by Gasteiger charge is 2.62. The number of esters is 1. The third-order valence-corrected chi connectivity index (χ3v) is 9.06. The number of nitrogens with zero attached hydrogens (tertiary/aromatic N) is 1. The smallest absolute Gasteiger partial charge is 0.409 e. The SMILES string of the molecule is CCOC(=O)[C@@]12C[C@H]1C/C=C\CCCCC#CC(NC(=O)OC(C)(C)C)C(=O)N1C[C@@H](OSc3ccc(Br)cc3)C[C@H]1C(=O)N2. The monoisotopic (exact) mass is 703 g/mol. The van der Waals surface area contributed by atoms with Crippen molar-refractivity contribution in [3.05, 3.63) is 40.9 Å². The molecule has 0 radical (unpaired) electrons. The van der Waals surface area contributed by atoms with Crippen LogP contribution < -0.4 is 10.6 Å². The number of alkyl carbamates (subject to hydrolysis) is 1. The van der Waals surface area contributed by atoms with Gasteiger partial charge in [-0.2, -0.15) is 0 Å². The first-order valence-electron chi connectivity index (χ1n) is 15.4. The van der Waals surface area contributed by atoms with Gasteiger partial charge in [-0.15, -0.1) is 5.92 Å². The van der Waals surface area contributed by atoms with Crippen molar-refractivity contribution in [3.8, 4) is 11.8 Å². The average molecular weight is 705 g/mol. The van der Waals surface area contributed by atoms with Crippen LogP contribution in [0.5, 0.6) is 0 Å². The lowest BCUT2D eigenvalue weighted by Crippen LogP contribution is -2.56. The second kappa shape index (κ2) is 15.5. The molecular formula is C33H42BrN3O7S. The lowest BCUT2D eigenvalue weighted by molar-refractivity contribution is -0.150. The predicted molar refractivity (Wildman–Crippen MR) is 174 cm³/mol. The fourth-order valence-corrected chi connectivity index (χ4v) is 6.28. The predicted octanol–water partition coefficient (Wildman–Crippen LogP) is 5.30. The molecule has 5 atom stereocenters. The highest BCUT2D eigenvalue weighted by atomic mass is 79.9. The molecule has 12 heteroatoms. The van der Waals surface area contributed by atoms with E-state index in [1.807, 2.05) is 24.3 Å². The number of halogens is 1. The van der Waals surface area contributed by atoms with Gasteiger partial charge in [0.1, 0.15) is 17.2 Å². The molecule has 0 bridgehead atoms. The number of hydrogen-bond acceptors (Lipinski definition) is 8. The molecule has 1 saturated carbocycles. The van der Waals surface area contributed by atoms with E-state index in [2.05, 4.69) is 50.6 Å².